The first kappa shape index (κ1) is 15.8. The molecule has 2 aliphatic rings. The lowest BCUT2D eigenvalue weighted by atomic mass is 9.75. The van der Waals surface area contributed by atoms with Gasteiger partial charge < -0.3 is 4.74 Å². The minimum atomic E-state index is -0.586. The second-order valence-corrected chi connectivity index (χ2v) is 6.00. The number of carbonyl (C=O) groups excluding carboxylic acids is 1. The van der Waals surface area contributed by atoms with E-state index in [1.165, 1.54) is 19.3 Å². The van der Waals surface area contributed by atoms with Crippen LogP contribution in [0, 0.1) is 28.6 Å². The molecule has 4 heteroatoms. The van der Waals surface area contributed by atoms with Crippen LogP contribution in [0.15, 0.2) is 11.3 Å². The van der Waals surface area contributed by atoms with Crippen molar-refractivity contribution in [3.05, 3.63) is 11.3 Å². The molecule has 0 aromatic rings. The number of unbranched alkanes of at least 4 members (excludes halogenated alkanes) is 4. The highest BCUT2D eigenvalue weighted by Gasteiger charge is 2.40. The molecule has 0 aromatic heterocycles. The van der Waals surface area contributed by atoms with Crippen LogP contribution in [0.5, 0.6) is 0 Å². The van der Waals surface area contributed by atoms with Crippen molar-refractivity contribution in [2.24, 2.45) is 11.8 Å². The van der Waals surface area contributed by atoms with Crippen LogP contribution in [0.3, 0.4) is 0 Å². The van der Waals surface area contributed by atoms with Gasteiger partial charge in [0.25, 0.3) is 0 Å². The highest BCUT2D eigenvalue weighted by Crippen LogP contribution is 2.40. The highest BCUT2D eigenvalue weighted by molar-refractivity contribution is 6.00. The van der Waals surface area contributed by atoms with Crippen molar-refractivity contribution < 1.29 is 9.53 Å². The second kappa shape index (κ2) is 7.40. The van der Waals surface area contributed by atoms with Crippen LogP contribution >= 0.6 is 0 Å². The van der Waals surface area contributed by atoms with Crippen LogP contribution in [0.4, 0.5) is 0 Å². The van der Waals surface area contributed by atoms with Crippen molar-refractivity contribution in [3.63, 3.8) is 0 Å². The van der Waals surface area contributed by atoms with Gasteiger partial charge in [-0.2, -0.15) is 5.26 Å². The summed E-state index contributed by atoms with van der Waals surface area (Å²) in [5.74, 6) is 0.117. The van der Waals surface area contributed by atoms with E-state index in [1.54, 1.807) is 0 Å². The molecule has 2 unspecified atom stereocenters. The average Bonchev–Trinajstić information content (AvgIpc) is 2.46. The Balaban J connectivity index is 2.10. The van der Waals surface area contributed by atoms with Crippen molar-refractivity contribution in [1.82, 2.24) is 0 Å². The Morgan fingerprint density at radius 3 is 2.76 bits per heavy atom. The van der Waals surface area contributed by atoms with E-state index in [0.717, 1.165) is 37.7 Å². The maximum absolute atomic E-state index is 12.2. The minimum Gasteiger partial charge on any atom is -0.446 e. The molecule has 0 amide bonds. The summed E-state index contributed by atoms with van der Waals surface area (Å²) >= 11 is 0. The fourth-order valence-electron chi connectivity index (χ4n) is 3.33. The monoisotopic (exact) mass is 288 g/mol. The van der Waals surface area contributed by atoms with E-state index in [1.807, 2.05) is 0 Å². The normalized spacial score (nSPS) is 25.3. The Labute approximate surface area is 126 Å². The fourth-order valence-corrected chi connectivity index (χ4v) is 3.33. The zero-order chi connectivity index (χ0) is 15.2. The first-order valence-electron chi connectivity index (χ1n) is 8.11. The Morgan fingerprint density at radius 2 is 2.05 bits per heavy atom. The lowest BCUT2D eigenvalue weighted by molar-refractivity contribution is -0.117. The minimum absolute atomic E-state index is 0.0320. The Kier molecular flexibility index (Phi) is 5.55. The van der Waals surface area contributed by atoms with Crippen LogP contribution in [-0.2, 0) is 9.53 Å². The van der Waals surface area contributed by atoms with Crippen LogP contribution < -0.4 is 0 Å². The molecule has 21 heavy (non-hydrogen) atoms. The highest BCUT2D eigenvalue weighted by atomic mass is 16.5. The predicted octanol–water partition coefficient (Wildman–Crippen LogP) is 4.12. The molecule has 1 aliphatic heterocycles. The van der Waals surface area contributed by atoms with Gasteiger partial charge in [0.1, 0.15) is 11.7 Å². The second-order valence-electron chi connectivity index (χ2n) is 6.00. The summed E-state index contributed by atoms with van der Waals surface area (Å²) in [6.45, 7) is 2.18. The summed E-state index contributed by atoms with van der Waals surface area (Å²) in [6.07, 6.45) is 8.69. The standard InChI is InChI=1S/C17H24N2O2/c1-2-3-4-5-6-8-12-13(11-18)17(19)21-15-10-7-9-14(20)16(12)15/h12-13,19H,2-10H2,1H3. The first-order chi connectivity index (χ1) is 10.2. The van der Waals surface area contributed by atoms with E-state index in [2.05, 4.69) is 13.0 Å². The number of ether oxygens (including phenoxy) is 1. The molecule has 1 aliphatic carbocycles. The van der Waals surface area contributed by atoms with Gasteiger partial charge in [-0.05, 0) is 12.8 Å². The molecule has 0 spiro atoms. The van der Waals surface area contributed by atoms with Crippen molar-refractivity contribution in [1.29, 1.82) is 10.7 Å². The van der Waals surface area contributed by atoms with Gasteiger partial charge in [0, 0.05) is 24.3 Å². The number of carbonyl (C=O) groups is 1. The summed E-state index contributed by atoms with van der Waals surface area (Å²) in [5.41, 5.74) is 0.722. The van der Waals surface area contributed by atoms with Gasteiger partial charge in [0.2, 0.25) is 5.90 Å². The molecule has 0 fully saturated rings. The zero-order valence-electron chi connectivity index (χ0n) is 12.8. The van der Waals surface area contributed by atoms with E-state index in [0.29, 0.717) is 12.2 Å². The molecule has 0 aromatic carbocycles. The number of rotatable bonds is 6. The van der Waals surface area contributed by atoms with E-state index >= 15 is 0 Å². The number of hydrogen-bond donors (Lipinski definition) is 1. The molecule has 114 valence electrons. The number of nitriles is 1. The van der Waals surface area contributed by atoms with Crippen molar-refractivity contribution in [3.8, 4) is 6.07 Å². The third-order valence-electron chi connectivity index (χ3n) is 4.46. The summed E-state index contributed by atoms with van der Waals surface area (Å²) < 4.78 is 5.46. The topological polar surface area (TPSA) is 73.9 Å². The maximum Gasteiger partial charge on any atom is 0.204 e. The zero-order valence-corrected chi connectivity index (χ0v) is 12.8. The van der Waals surface area contributed by atoms with Crippen LogP contribution in [0.2, 0.25) is 0 Å². The van der Waals surface area contributed by atoms with E-state index in [-0.39, 0.29) is 17.6 Å². The van der Waals surface area contributed by atoms with Gasteiger partial charge in [-0.1, -0.05) is 39.0 Å². The SMILES string of the molecule is CCCCCCCC1C2=C(CCCC2=O)OC(=N)C1C#N. The maximum atomic E-state index is 12.2. The molecule has 0 radical (unpaired) electrons. The third-order valence-corrected chi connectivity index (χ3v) is 4.46. The first-order valence-corrected chi connectivity index (χ1v) is 8.11. The number of nitrogens with one attached hydrogen (secondary N) is 1. The molecule has 2 rings (SSSR count). The molecule has 0 saturated carbocycles. The van der Waals surface area contributed by atoms with Crippen molar-refractivity contribution in [2.75, 3.05) is 0 Å². The lowest BCUT2D eigenvalue weighted by Crippen LogP contribution is -2.35. The van der Waals surface area contributed by atoms with Gasteiger partial charge in [-0.3, -0.25) is 10.2 Å². The van der Waals surface area contributed by atoms with Crippen molar-refractivity contribution in [2.45, 2.75) is 64.7 Å². The average molecular weight is 288 g/mol. The van der Waals surface area contributed by atoms with Gasteiger partial charge >= 0.3 is 0 Å². The number of allylic oxidation sites excluding steroid dienone is 2. The van der Waals surface area contributed by atoms with Gasteiger partial charge in [-0.15, -0.1) is 0 Å². The number of hydrogen-bond acceptors (Lipinski definition) is 4. The number of nitrogens with zero attached hydrogens (tertiary/aromatic N) is 1. The summed E-state index contributed by atoms with van der Waals surface area (Å²) in [5, 5.41) is 17.3. The third kappa shape index (κ3) is 3.53. The molecular formula is C17H24N2O2. The number of Topliss-reactive ketones (excluding diaryl/α,β-unsaturated/α-hetero) is 1. The van der Waals surface area contributed by atoms with E-state index < -0.39 is 5.92 Å². The van der Waals surface area contributed by atoms with Crippen LogP contribution in [0.1, 0.15) is 64.7 Å². The Bertz CT molecular complexity index is 488. The molecule has 1 heterocycles. The van der Waals surface area contributed by atoms with Gasteiger partial charge in [0.05, 0.1) is 6.07 Å². The molecule has 0 bridgehead atoms. The fraction of sp³-hybridized carbons (Fsp3) is 0.706. The van der Waals surface area contributed by atoms with E-state index in [4.69, 9.17) is 10.1 Å². The Morgan fingerprint density at radius 1 is 1.29 bits per heavy atom. The van der Waals surface area contributed by atoms with Gasteiger partial charge in [0.15, 0.2) is 5.78 Å². The molecule has 0 saturated heterocycles. The largest absolute Gasteiger partial charge is 0.446 e. The summed E-state index contributed by atoms with van der Waals surface area (Å²) in [4.78, 5) is 12.2. The molecule has 1 N–H and O–H groups in total. The van der Waals surface area contributed by atoms with Crippen LogP contribution in [-0.4, -0.2) is 11.7 Å². The van der Waals surface area contributed by atoms with Gasteiger partial charge in [-0.25, -0.2) is 0 Å². The summed E-state index contributed by atoms with van der Waals surface area (Å²) in [6, 6.07) is 2.17. The molecule has 2 atom stereocenters. The molecule has 4 nitrogen and oxygen atoms in total. The number of ketones is 1. The van der Waals surface area contributed by atoms with E-state index in [9.17, 15) is 10.1 Å². The van der Waals surface area contributed by atoms with Crippen molar-refractivity contribution >= 4 is 11.7 Å². The quantitative estimate of drug-likeness (QED) is 0.747. The van der Waals surface area contributed by atoms with Crippen LogP contribution in [0.25, 0.3) is 0 Å². The molecular weight excluding hydrogens is 264 g/mol. The summed E-state index contributed by atoms with van der Waals surface area (Å²) in [7, 11) is 0. The lowest BCUT2D eigenvalue weighted by Gasteiger charge is -2.33. The predicted molar refractivity (Wildman–Crippen MR) is 80.7 cm³/mol. The Hall–Kier alpha value is -1.63. The smallest absolute Gasteiger partial charge is 0.204 e.